The molecule has 0 fully saturated rings. The number of halogens is 2. The number of rotatable bonds is 2. The van der Waals surface area contributed by atoms with Crippen molar-refractivity contribution in [3.05, 3.63) is 70.8 Å². The molecule has 4 heteroatoms. The van der Waals surface area contributed by atoms with Gasteiger partial charge in [0.05, 0.1) is 12.6 Å². The molecule has 2 atom stereocenters. The molecule has 0 aliphatic carbocycles. The van der Waals surface area contributed by atoms with Gasteiger partial charge in [0.1, 0.15) is 17.7 Å². The molecule has 20 heavy (non-hydrogen) atoms. The van der Waals surface area contributed by atoms with E-state index in [2.05, 4.69) is 0 Å². The molecule has 1 heterocycles. The molecule has 2 aromatic carbocycles. The van der Waals surface area contributed by atoms with E-state index in [1.165, 1.54) is 0 Å². The second-order valence-corrected chi connectivity index (χ2v) is 4.93. The standard InChI is InChI=1S/C16H15F2NO/c17-11-5-6-14(18)13(9-11)15(19)16-12-4-2-1-3-10(12)7-8-20-16/h1-6,9,15-16H,7-8,19H2. The van der Waals surface area contributed by atoms with Crippen LogP contribution in [-0.4, -0.2) is 6.61 Å². The number of benzene rings is 2. The molecule has 3 rings (SSSR count). The molecular formula is C16H15F2NO. The lowest BCUT2D eigenvalue weighted by molar-refractivity contribution is 0.0233. The van der Waals surface area contributed by atoms with Crippen LogP contribution in [0.1, 0.15) is 28.8 Å². The van der Waals surface area contributed by atoms with Crippen LogP contribution in [0.3, 0.4) is 0 Å². The maximum absolute atomic E-state index is 13.8. The first-order valence-corrected chi connectivity index (χ1v) is 6.57. The first-order chi connectivity index (χ1) is 9.66. The summed E-state index contributed by atoms with van der Waals surface area (Å²) >= 11 is 0. The summed E-state index contributed by atoms with van der Waals surface area (Å²) in [5.41, 5.74) is 8.37. The maximum Gasteiger partial charge on any atom is 0.128 e. The summed E-state index contributed by atoms with van der Waals surface area (Å²) in [4.78, 5) is 0. The minimum absolute atomic E-state index is 0.145. The van der Waals surface area contributed by atoms with Gasteiger partial charge in [0.25, 0.3) is 0 Å². The molecule has 1 aliphatic heterocycles. The zero-order valence-corrected chi connectivity index (χ0v) is 10.9. The van der Waals surface area contributed by atoms with Gasteiger partial charge < -0.3 is 10.5 Å². The average Bonchev–Trinajstić information content (AvgIpc) is 2.48. The highest BCUT2D eigenvalue weighted by molar-refractivity contribution is 5.34. The van der Waals surface area contributed by atoms with E-state index in [4.69, 9.17) is 10.5 Å². The zero-order chi connectivity index (χ0) is 14.1. The van der Waals surface area contributed by atoms with E-state index in [1.54, 1.807) is 0 Å². The first-order valence-electron chi connectivity index (χ1n) is 6.57. The van der Waals surface area contributed by atoms with E-state index >= 15 is 0 Å². The van der Waals surface area contributed by atoms with Gasteiger partial charge in [-0.2, -0.15) is 0 Å². The molecule has 0 aromatic heterocycles. The van der Waals surface area contributed by atoms with Crippen LogP contribution in [0.5, 0.6) is 0 Å². The van der Waals surface area contributed by atoms with Gasteiger partial charge in [-0.25, -0.2) is 8.78 Å². The van der Waals surface area contributed by atoms with E-state index in [9.17, 15) is 8.78 Å². The summed E-state index contributed by atoms with van der Waals surface area (Å²) in [6.07, 6.45) is 0.363. The number of ether oxygens (including phenoxy) is 1. The van der Waals surface area contributed by atoms with E-state index < -0.39 is 23.8 Å². The van der Waals surface area contributed by atoms with Crippen LogP contribution in [0.4, 0.5) is 8.78 Å². The third kappa shape index (κ3) is 2.32. The summed E-state index contributed by atoms with van der Waals surface area (Å²) in [5, 5.41) is 0. The van der Waals surface area contributed by atoms with E-state index in [0.29, 0.717) is 6.61 Å². The molecule has 0 bridgehead atoms. The molecule has 0 saturated heterocycles. The van der Waals surface area contributed by atoms with E-state index in [-0.39, 0.29) is 5.56 Å². The summed E-state index contributed by atoms with van der Waals surface area (Å²) in [7, 11) is 0. The minimum atomic E-state index is -0.729. The summed E-state index contributed by atoms with van der Waals surface area (Å²) in [6.45, 7) is 0.534. The molecule has 2 N–H and O–H groups in total. The topological polar surface area (TPSA) is 35.2 Å². The van der Waals surface area contributed by atoms with Gasteiger partial charge in [0.15, 0.2) is 0 Å². The highest BCUT2D eigenvalue weighted by Gasteiger charge is 2.29. The van der Waals surface area contributed by atoms with Crippen molar-refractivity contribution in [3.8, 4) is 0 Å². The summed E-state index contributed by atoms with van der Waals surface area (Å²) in [5.74, 6) is -1.01. The smallest absolute Gasteiger partial charge is 0.128 e. The highest BCUT2D eigenvalue weighted by atomic mass is 19.1. The van der Waals surface area contributed by atoms with Crippen molar-refractivity contribution in [2.45, 2.75) is 18.6 Å². The first kappa shape index (κ1) is 13.2. The van der Waals surface area contributed by atoms with Crippen LogP contribution in [0.2, 0.25) is 0 Å². The minimum Gasteiger partial charge on any atom is -0.371 e. The Morgan fingerprint density at radius 2 is 1.95 bits per heavy atom. The van der Waals surface area contributed by atoms with Crippen LogP contribution in [0, 0.1) is 11.6 Å². The van der Waals surface area contributed by atoms with Crippen molar-refractivity contribution >= 4 is 0 Å². The average molecular weight is 275 g/mol. The Hall–Kier alpha value is -1.78. The third-order valence-electron chi connectivity index (χ3n) is 3.67. The molecule has 0 amide bonds. The second-order valence-electron chi connectivity index (χ2n) is 4.93. The van der Waals surface area contributed by atoms with Crippen molar-refractivity contribution < 1.29 is 13.5 Å². The number of hydrogen-bond acceptors (Lipinski definition) is 2. The van der Waals surface area contributed by atoms with Crippen LogP contribution in [0.15, 0.2) is 42.5 Å². The molecule has 2 nitrogen and oxygen atoms in total. The van der Waals surface area contributed by atoms with Crippen LogP contribution >= 0.6 is 0 Å². The molecule has 104 valence electrons. The van der Waals surface area contributed by atoms with Gasteiger partial charge in [0, 0.05) is 5.56 Å². The lowest BCUT2D eigenvalue weighted by atomic mass is 9.90. The predicted molar refractivity (Wildman–Crippen MR) is 72.1 cm³/mol. The highest BCUT2D eigenvalue weighted by Crippen LogP contribution is 2.36. The Morgan fingerprint density at radius 3 is 2.80 bits per heavy atom. The fraction of sp³-hybridized carbons (Fsp3) is 0.250. The van der Waals surface area contributed by atoms with Gasteiger partial charge in [-0.05, 0) is 35.7 Å². The van der Waals surface area contributed by atoms with Crippen molar-refractivity contribution in [2.24, 2.45) is 5.73 Å². The number of hydrogen-bond donors (Lipinski definition) is 1. The lowest BCUT2D eigenvalue weighted by Crippen LogP contribution is -2.28. The van der Waals surface area contributed by atoms with Crippen molar-refractivity contribution in [1.29, 1.82) is 0 Å². The van der Waals surface area contributed by atoms with Crippen LogP contribution in [0.25, 0.3) is 0 Å². The van der Waals surface area contributed by atoms with Gasteiger partial charge in [-0.1, -0.05) is 24.3 Å². The maximum atomic E-state index is 13.8. The Balaban J connectivity index is 1.99. The lowest BCUT2D eigenvalue weighted by Gasteiger charge is -2.30. The van der Waals surface area contributed by atoms with Gasteiger partial charge in [0.2, 0.25) is 0 Å². The Morgan fingerprint density at radius 1 is 1.15 bits per heavy atom. The second kappa shape index (κ2) is 5.31. The SMILES string of the molecule is NC(c1cc(F)ccc1F)C1OCCc2ccccc21. The molecule has 0 radical (unpaired) electrons. The van der Waals surface area contributed by atoms with Gasteiger partial charge in [-0.3, -0.25) is 0 Å². The molecule has 2 aromatic rings. The molecular weight excluding hydrogens is 260 g/mol. The quantitative estimate of drug-likeness (QED) is 0.913. The van der Waals surface area contributed by atoms with Gasteiger partial charge in [-0.15, -0.1) is 0 Å². The van der Waals surface area contributed by atoms with E-state index in [1.807, 2.05) is 24.3 Å². The Bertz CT molecular complexity index is 630. The van der Waals surface area contributed by atoms with Crippen molar-refractivity contribution in [3.63, 3.8) is 0 Å². The third-order valence-corrected chi connectivity index (χ3v) is 3.67. The fourth-order valence-electron chi connectivity index (χ4n) is 2.66. The normalized spacial score (nSPS) is 19.4. The molecule has 1 aliphatic rings. The largest absolute Gasteiger partial charge is 0.371 e. The van der Waals surface area contributed by atoms with Gasteiger partial charge >= 0.3 is 0 Å². The Kier molecular flexibility index (Phi) is 3.51. The molecule has 0 saturated carbocycles. The number of nitrogens with two attached hydrogens (primary N) is 1. The van der Waals surface area contributed by atoms with Crippen LogP contribution < -0.4 is 5.73 Å². The Labute approximate surface area is 116 Å². The van der Waals surface area contributed by atoms with Crippen molar-refractivity contribution in [1.82, 2.24) is 0 Å². The summed E-state index contributed by atoms with van der Waals surface area (Å²) < 4.78 is 32.9. The van der Waals surface area contributed by atoms with E-state index in [0.717, 1.165) is 35.7 Å². The summed E-state index contributed by atoms with van der Waals surface area (Å²) in [6, 6.07) is 10.4. The number of fused-ring (bicyclic) bond motifs is 1. The monoisotopic (exact) mass is 275 g/mol. The zero-order valence-electron chi connectivity index (χ0n) is 10.9. The molecule has 2 unspecified atom stereocenters. The van der Waals surface area contributed by atoms with Crippen molar-refractivity contribution in [2.75, 3.05) is 6.61 Å². The molecule has 0 spiro atoms. The van der Waals surface area contributed by atoms with Crippen LogP contribution in [-0.2, 0) is 11.2 Å². The fourth-order valence-corrected chi connectivity index (χ4v) is 2.66. The predicted octanol–water partition coefficient (Wildman–Crippen LogP) is 3.28.